The van der Waals surface area contributed by atoms with Gasteiger partial charge in [-0.2, -0.15) is 0 Å². The van der Waals surface area contributed by atoms with Crippen molar-refractivity contribution < 1.29 is 38.8 Å². The molecule has 10 nitrogen and oxygen atoms in total. The highest BCUT2D eigenvalue weighted by Gasteiger charge is 2.65. The van der Waals surface area contributed by atoms with Crippen molar-refractivity contribution in [2.45, 2.75) is 154 Å². The average Bonchev–Trinajstić information content (AvgIpc) is 3.38. The van der Waals surface area contributed by atoms with E-state index in [4.69, 9.17) is 28.9 Å². The van der Waals surface area contributed by atoms with Crippen LogP contribution in [-0.4, -0.2) is 71.7 Å². The van der Waals surface area contributed by atoms with Gasteiger partial charge in [-0.25, -0.2) is 4.79 Å². The SMILES string of the molecule is C=CCOC12Oc3ccc(Oc4ccc5ccccc5c4)cc3C3C(CCCCO)C(CCCCO)C=C(C(=NOCc4ccccc4)CC1N(CCC)C(=O)OCCCCCCCCCCCC)C32. The number of benzene rings is 4. The topological polar surface area (TPSA) is 119 Å². The Balaban J connectivity index is 1.29. The van der Waals surface area contributed by atoms with Crippen LogP contribution in [0.1, 0.15) is 146 Å². The Morgan fingerprint density at radius 1 is 0.786 bits per heavy atom. The lowest BCUT2D eigenvalue weighted by Crippen LogP contribution is -2.70. The zero-order chi connectivity index (χ0) is 49.0. The average molecular weight is 957 g/mol. The van der Waals surface area contributed by atoms with Gasteiger partial charge in [0, 0.05) is 37.7 Å². The molecule has 0 aromatic heterocycles. The number of oxime groups is 1. The first-order valence-corrected chi connectivity index (χ1v) is 26.8. The van der Waals surface area contributed by atoms with Crippen molar-refractivity contribution in [1.29, 1.82) is 0 Å². The summed E-state index contributed by atoms with van der Waals surface area (Å²) in [4.78, 5) is 22.9. The van der Waals surface area contributed by atoms with Crippen molar-refractivity contribution in [1.82, 2.24) is 4.90 Å². The van der Waals surface area contributed by atoms with Crippen LogP contribution in [0.2, 0.25) is 0 Å². The summed E-state index contributed by atoms with van der Waals surface area (Å²) in [5, 5.41) is 27.3. The number of ether oxygens (including phenoxy) is 4. The number of carbonyl (C=O) groups is 1. The molecular weight excluding hydrogens is 877 g/mol. The first-order chi connectivity index (χ1) is 34.4. The molecule has 0 radical (unpaired) electrons. The summed E-state index contributed by atoms with van der Waals surface area (Å²) in [5.41, 5.74) is 3.76. The van der Waals surface area contributed by atoms with Crippen LogP contribution in [0.25, 0.3) is 10.8 Å². The molecule has 2 N–H and O–H groups in total. The van der Waals surface area contributed by atoms with Gasteiger partial charge >= 0.3 is 6.09 Å². The number of aliphatic hydroxyl groups is 2. The molecule has 7 rings (SSSR count). The first-order valence-electron chi connectivity index (χ1n) is 26.8. The zero-order valence-corrected chi connectivity index (χ0v) is 42.1. The van der Waals surface area contributed by atoms with Crippen molar-refractivity contribution in [3.05, 3.63) is 126 Å². The minimum atomic E-state index is -1.37. The maximum absolute atomic E-state index is 14.7. The van der Waals surface area contributed by atoms with Crippen LogP contribution in [0.4, 0.5) is 4.79 Å². The van der Waals surface area contributed by atoms with Gasteiger partial charge in [-0.15, -0.1) is 6.58 Å². The van der Waals surface area contributed by atoms with E-state index in [1.165, 1.54) is 44.9 Å². The molecule has 3 aliphatic rings. The number of fused-ring (bicyclic) bond motifs is 3. The molecule has 4 aromatic carbocycles. The molecule has 6 unspecified atom stereocenters. The van der Waals surface area contributed by atoms with E-state index in [9.17, 15) is 15.0 Å². The number of nitrogens with zero attached hydrogens (tertiary/aromatic N) is 2. The molecule has 0 saturated heterocycles. The van der Waals surface area contributed by atoms with Gasteiger partial charge < -0.3 is 34.0 Å². The van der Waals surface area contributed by atoms with Crippen molar-refractivity contribution in [2.24, 2.45) is 22.9 Å². The molecule has 1 amide bonds. The number of hydrogen-bond acceptors (Lipinski definition) is 9. The monoisotopic (exact) mass is 957 g/mol. The van der Waals surface area contributed by atoms with Gasteiger partial charge in [-0.3, -0.25) is 4.90 Å². The standard InChI is InChI=1S/C60H80N2O8/c1-4-7-8-9-10-11-12-13-14-24-39-66-59(65)62(35-5-2)56-43-54(61-68-44-45-25-16-15-17-26-45)52-41-48(29-20-22-36-63)51(30-21-23-37-64)57-53-42-50(69-49-32-31-46-27-18-19-28-47(46)40-49)33-34-55(53)70-60(56,58(52)57)67-38-6-3/h6,15-19,25-28,31-34,40-42,48,51,56-58,63-64H,3-5,7-14,20-24,29-30,35-39,43-44H2,1-2H3. The molecule has 10 heteroatoms. The van der Waals surface area contributed by atoms with E-state index in [0.717, 1.165) is 83.9 Å². The number of rotatable bonds is 30. The lowest BCUT2D eigenvalue weighted by Gasteiger charge is -2.59. The quantitative estimate of drug-likeness (QED) is 0.0301. The second kappa shape index (κ2) is 27.4. The Morgan fingerprint density at radius 2 is 1.47 bits per heavy atom. The second-order valence-corrected chi connectivity index (χ2v) is 19.6. The molecule has 0 spiro atoms. The van der Waals surface area contributed by atoms with Gasteiger partial charge in [-0.05, 0) is 103 Å². The summed E-state index contributed by atoms with van der Waals surface area (Å²) in [6, 6.07) is 29.9. The summed E-state index contributed by atoms with van der Waals surface area (Å²) in [7, 11) is 0. The van der Waals surface area contributed by atoms with Crippen LogP contribution in [0.15, 0.2) is 120 Å². The fraction of sp³-hybridized carbons (Fsp3) is 0.533. The number of unbranched alkanes of at least 4 members (excludes halogenated alkanes) is 11. The van der Waals surface area contributed by atoms with Gasteiger partial charge in [0.2, 0.25) is 5.79 Å². The summed E-state index contributed by atoms with van der Waals surface area (Å²) in [5.74, 6) is 0.304. The molecule has 1 aliphatic heterocycles. The third-order valence-electron chi connectivity index (χ3n) is 14.6. The van der Waals surface area contributed by atoms with Crippen LogP contribution >= 0.6 is 0 Å². The van der Waals surface area contributed by atoms with Crippen molar-refractivity contribution in [3.8, 4) is 17.2 Å². The third-order valence-corrected chi connectivity index (χ3v) is 14.6. The normalized spacial score (nSPS) is 21.9. The van der Waals surface area contributed by atoms with Crippen LogP contribution in [0.5, 0.6) is 17.2 Å². The second-order valence-electron chi connectivity index (χ2n) is 19.6. The van der Waals surface area contributed by atoms with Crippen molar-refractivity contribution in [2.75, 3.05) is 33.0 Å². The molecule has 0 bridgehead atoms. The van der Waals surface area contributed by atoms with Crippen LogP contribution in [-0.2, 0) is 20.9 Å². The zero-order valence-electron chi connectivity index (χ0n) is 42.1. The van der Waals surface area contributed by atoms with Crippen LogP contribution in [0.3, 0.4) is 0 Å². The molecular formula is C60H80N2O8. The van der Waals surface area contributed by atoms with Crippen molar-refractivity contribution in [3.63, 3.8) is 0 Å². The lowest BCUT2D eigenvalue weighted by atomic mass is 9.55. The number of hydrogen-bond donors (Lipinski definition) is 2. The highest BCUT2D eigenvalue weighted by atomic mass is 16.7. The molecule has 2 aliphatic carbocycles. The fourth-order valence-electron chi connectivity index (χ4n) is 11.3. The number of amides is 1. The summed E-state index contributed by atoms with van der Waals surface area (Å²) in [6.45, 7) is 9.90. The Kier molecular flexibility index (Phi) is 20.6. The number of allylic oxidation sites excluding steroid dienone is 1. The summed E-state index contributed by atoms with van der Waals surface area (Å²) < 4.78 is 27.6. The van der Waals surface area contributed by atoms with Gasteiger partial charge in [0.25, 0.3) is 0 Å². The predicted octanol–water partition coefficient (Wildman–Crippen LogP) is 14.2. The van der Waals surface area contributed by atoms with Crippen LogP contribution < -0.4 is 9.47 Å². The van der Waals surface area contributed by atoms with E-state index in [0.29, 0.717) is 50.3 Å². The maximum atomic E-state index is 14.7. The Bertz CT molecular complexity index is 2300. The van der Waals surface area contributed by atoms with Gasteiger partial charge in [0.1, 0.15) is 29.9 Å². The molecule has 378 valence electrons. The smallest absolute Gasteiger partial charge is 0.410 e. The molecule has 1 fully saturated rings. The molecule has 70 heavy (non-hydrogen) atoms. The highest BCUT2D eigenvalue weighted by molar-refractivity contribution is 6.03. The largest absolute Gasteiger partial charge is 0.459 e. The molecule has 1 heterocycles. The fourth-order valence-corrected chi connectivity index (χ4v) is 11.3. The van der Waals surface area contributed by atoms with Gasteiger partial charge in [0.05, 0.1) is 24.8 Å². The Morgan fingerprint density at radius 3 is 2.20 bits per heavy atom. The van der Waals surface area contributed by atoms with E-state index in [-0.39, 0.29) is 50.3 Å². The Labute approximate surface area is 418 Å². The Hall–Kier alpha value is -5.16. The summed E-state index contributed by atoms with van der Waals surface area (Å²) in [6.07, 6.45) is 21.4. The third kappa shape index (κ3) is 13.4. The summed E-state index contributed by atoms with van der Waals surface area (Å²) >= 11 is 0. The minimum absolute atomic E-state index is 0.0809. The van der Waals surface area contributed by atoms with E-state index in [2.05, 4.69) is 56.8 Å². The lowest BCUT2D eigenvalue weighted by molar-refractivity contribution is -0.255. The van der Waals surface area contributed by atoms with E-state index >= 15 is 0 Å². The van der Waals surface area contributed by atoms with Crippen LogP contribution in [0, 0.1) is 17.8 Å². The van der Waals surface area contributed by atoms with Gasteiger partial charge in [0.15, 0.2) is 0 Å². The minimum Gasteiger partial charge on any atom is -0.459 e. The highest BCUT2D eigenvalue weighted by Crippen LogP contribution is 2.62. The number of carbonyl (C=O) groups excluding carboxylic acids is 1. The molecule has 6 atom stereocenters. The van der Waals surface area contributed by atoms with Crippen molar-refractivity contribution >= 4 is 22.6 Å². The maximum Gasteiger partial charge on any atom is 0.410 e. The van der Waals surface area contributed by atoms with Gasteiger partial charge in [-0.1, -0.05) is 162 Å². The molecule has 1 saturated carbocycles. The molecule has 4 aromatic rings. The number of aliphatic hydroxyl groups excluding tert-OH is 2. The first kappa shape index (κ1) is 52.7. The van der Waals surface area contributed by atoms with E-state index in [1.807, 2.05) is 65.6 Å². The predicted molar refractivity (Wildman–Crippen MR) is 280 cm³/mol. The van der Waals surface area contributed by atoms with E-state index in [1.54, 1.807) is 6.08 Å². The van der Waals surface area contributed by atoms with E-state index < -0.39 is 17.7 Å².